The van der Waals surface area contributed by atoms with Gasteiger partial charge in [-0.15, -0.1) is 22.7 Å². The standard InChI is InChI=1S/C57H80N12O11S3/c1-9-36(4)49(63-51(75)43-32-64(43)6)56(79)65(7)42(35(2)3)31-45(80-37(5)70)53-62-41(33-82-53)54(77)66(8)44(34-83-57-59-23-29-81-57)52(76)60-39(18-13-14-22-58)50(74)61-40(30-38-16-11-10-12-17-38)55(78)68-27-25-67(26-28-68)46(71)19-15-24-69-47(72)20-21-48(69)73/h10-12,16-17,20-21,23,29,33,35-36,39-40,42-45,49H,9,13-15,18-19,22,24-28,30-32,34,58H2,1-8H3,(H,60,76)(H,61,74)(H,63,75)/t36-,39+,40-,42+,43?,44-,45+,49?,64?/m0/s1. The lowest BCUT2D eigenvalue weighted by atomic mass is 9.93. The Bertz CT molecular complexity index is 2760. The van der Waals surface area contributed by atoms with Gasteiger partial charge in [0.1, 0.15) is 45.3 Å². The van der Waals surface area contributed by atoms with Gasteiger partial charge >= 0.3 is 5.97 Å². The maximum Gasteiger partial charge on any atom is 0.303 e. The first kappa shape index (κ1) is 65.5. The molecule has 0 aliphatic carbocycles. The number of imide groups is 1. The summed E-state index contributed by atoms with van der Waals surface area (Å²) < 4.78 is 6.50. The molecule has 5 heterocycles. The van der Waals surface area contributed by atoms with Gasteiger partial charge in [0.15, 0.2) is 6.10 Å². The van der Waals surface area contributed by atoms with Crippen molar-refractivity contribution in [3.8, 4) is 0 Å². The van der Waals surface area contributed by atoms with Crippen LogP contribution in [0.1, 0.15) is 107 Å². The Hall–Kier alpha value is -6.61. The predicted molar refractivity (Wildman–Crippen MR) is 314 cm³/mol. The largest absolute Gasteiger partial charge is 0.455 e. The molecule has 2 saturated heterocycles. The van der Waals surface area contributed by atoms with Crippen molar-refractivity contribution in [3.05, 3.63) is 75.7 Å². The number of piperazine rings is 1. The van der Waals surface area contributed by atoms with Crippen LogP contribution in [0.25, 0.3) is 0 Å². The highest BCUT2D eigenvalue weighted by Gasteiger charge is 2.42. The van der Waals surface area contributed by atoms with Crippen LogP contribution in [0.5, 0.6) is 0 Å². The molecular formula is C57H80N12O11S3. The molecule has 5 N–H and O–H groups in total. The zero-order valence-electron chi connectivity index (χ0n) is 48.7. The van der Waals surface area contributed by atoms with Crippen LogP contribution in [0, 0.1) is 11.8 Å². The molecule has 3 aliphatic heterocycles. The number of nitrogens with zero attached hydrogens (tertiary/aromatic N) is 8. The molecule has 452 valence electrons. The number of esters is 1. The number of unbranched alkanes of at least 4 members (excludes halogenated alkanes) is 1. The van der Waals surface area contributed by atoms with Crippen molar-refractivity contribution in [2.24, 2.45) is 17.6 Å². The molecule has 3 unspecified atom stereocenters. The number of ether oxygens (including phenoxy) is 1. The van der Waals surface area contributed by atoms with Gasteiger partial charge in [-0.05, 0) is 56.7 Å². The van der Waals surface area contributed by atoms with Crippen molar-refractivity contribution >= 4 is 93.6 Å². The Morgan fingerprint density at radius 1 is 0.867 bits per heavy atom. The minimum atomic E-state index is -1.19. The van der Waals surface area contributed by atoms with Gasteiger partial charge in [-0.25, -0.2) is 9.97 Å². The lowest BCUT2D eigenvalue weighted by Gasteiger charge is -2.37. The molecule has 0 spiro atoms. The predicted octanol–water partition coefficient (Wildman–Crippen LogP) is 2.87. The summed E-state index contributed by atoms with van der Waals surface area (Å²) in [5, 5.41) is 12.4. The third kappa shape index (κ3) is 18.4. The first-order valence-electron chi connectivity index (χ1n) is 28.3. The van der Waals surface area contributed by atoms with Crippen molar-refractivity contribution in [1.29, 1.82) is 0 Å². The molecule has 0 saturated carbocycles. The fourth-order valence-electron chi connectivity index (χ4n) is 9.92. The van der Waals surface area contributed by atoms with E-state index < -0.39 is 71.8 Å². The normalized spacial score (nSPS) is 18.4. The van der Waals surface area contributed by atoms with Crippen molar-refractivity contribution < 1.29 is 52.7 Å². The van der Waals surface area contributed by atoms with Gasteiger partial charge in [0.25, 0.3) is 17.7 Å². The molecule has 26 heteroatoms. The third-order valence-corrected chi connectivity index (χ3v) is 18.3. The van der Waals surface area contributed by atoms with Crippen LogP contribution in [-0.2, 0) is 54.3 Å². The van der Waals surface area contributed by atoms with Gasteiger partial charge in [-0.3, -0.25) is 57.7 Å². The second-order valence-corrected chi connectivity index (χ2v) is 24.7. The van der Waals surface area contributed by atoms with E-state index in [0.717, 1.165) is 21.8 Å². The second-order valence-electron chi connectivity index (χ2n) is 21.6. The zero-order valence-corrected chi connectivity index (χ0v) is 51.1. The summed E-state index contributed by atoms with van der Waals surface area (Å²) in [6.45, 7) is 10.9. The minimum Gasteiger partial charge on any atom is -0.455 e. The lowest BCUT2D eigenvalue weighted by Crippen LogP contribution is -2.59. The van der Waals surface area contributed by atoms with Gasteiger partial charge in [-0.2, -0.15) is 0 Å². The number of thioether (sulfide) groups is 1. The van der Waals surface area contributed by atoms with Crippen LogP contribution in [-0.4, -0.2) is 207 Å². The quantitative estimate of drug-likeness (QED) is 0.0237. The highest BCUT2D eigenvalue weighted by atomic mass is 32.2. The topological polar surface area (TPSA) is 287 Å². The van der Waals surface area contributed by atoms with E-state index in [1.807, 2.05) is 70.0 Å². The highest BCUT2D eigenvalue weighted by Crippen LogP contribution is 2.32. The van der Waals surface area contributed by atoms with Gasteiger partial charge in [0.05, 0.1) is 0 Å². The third-order valence-electron chi connectivity index (χ3n) is 15.3. The lowest BCUT2D eigenvalue weighted by molar-refractivity contribution is -0.149. The molecule has 0 radical (unpaired) electrons. The van der Waals surface area contributed by atoms with E-state index in [1.54, 1.807) is 33.3 Å². The summed E-state index contributed by atoms with van der Waals surface area (Å²) in [5.41, 5.74) is 6.63. The number of nitrogens with one attached hydrogen (secondary N) is 3. The van der Waals surface area contributed by atoms with Gasteiger partial charge in [-0.1, -0.05) is 76.2 Å². The number of nitrogens with two attached hydrogens (primary N) is 1. The number of amides is 9. The zero-order chi connectivity index (χ0) is 60.5. The number of benzene rings is 1. The summed E-state index contributed by atoms with van der Waals surface area (Å²) in [7, 11) is 4.97. The smallest absolute Gasteiger partial charge is 0.303 e. The Morgan fingerprint density at radius 3 is 2.13 bits per heavy atom. The first-order chi connectivity index (χ1) is 39.6. The molecule has 1 aromatic carbocycles. The number of carbonyl (C=O) groups is 10. The fraction of sp³-hybridized carbons (Fsp3) is 0.579. The van der Waals surface area contributed by atoms with Crippen molar-refractivity contribution in [2.75, 3.05) is 72.7 Å². The molecule has 83 heavy (non-hydrogen) atoms. The fourth-order valence-corrected chi connectivity index (χ4v) is 12.6. The minimum absolute atomic E-state index is 0.0244. The van der Waals surface area contributed by atoms with Crippen LogP contribution in [0.4, 0.5) is 0 Å². The van der Waals surface area contributed by atoms with E-state index in [0.29, 0.717) is 43.1 Å². The summed E-state index contributed by atoms with van der Waals surface area (Å²) in [6, 6.07) is 4.16. The number of rotatable bonds is 31. The summed E-state index contributed by atoms with van der Waals surface area (Å²) >= 11 is 3.69. The SMILES string of the molecule is CC[C@H](C)C(NC(=O)C1CN1C)C(=O)N(C)[C@H](C[C@@H](OC(C)=O)c1nc(C(=O)N(C)[C@@H](CSc2nccs2)C(=O)N[C@H](CCCCN)C(=O)N[C@@H](Cc2ccccc2)C(=O)N2CCN(C(=O)CCCN3C(=O)C=CC3=O)CC2)cs1)C(C)C. The Labute approximate surface area is 497 Å². The van der Waals surface area contributed by atoms with E-state index >= 15 is 0 Å². The van der Waals surface area contributed by atoms with Crippen LogP contribution in [0.3, 0.4) is 0 Å². The van der Waals surface area contributed by atoms with Crippen LogP contribution >= 0.6 is 34.4 Å². The number of thiazole rings is 2. The van der Waals surface area contributed by atoms with Crippen molar-refractivity contribution in [3.63, 3.8) is 0 Å². The average Bonchev–Trinajstić information content (AvgIpc) is 3.96. The van der Waals surface area contributed by atoms with Crippen LogP contribution in [0.2, 0.25) is 0 Å². The van der Waals surface area contributed by atoms with Crippen LogP contribution in [0.15, 0.2) is 63.8 Å². The molecule has 2 fully saturated rings. The van der Waals surface area contributed by atoms with Gasteiger partial charge in [0, 0.05) is 120 Å². The van der Waals surface area contributed by atoms with E-state index in [1.165, 1.54) is 59.5 Å². The molecule has 0 bridgehead atoms. The molecule has 6 rings (SSSR count). The molecule has 3 aliphatic rings. The monoisotopic (exact) mass is 1200 g/mol. The molecule has 9 amide bonds. The first-order valence-corrected chi connectivity index (χ1v) is 31.0. The van der Waals surface area contributed by atoms with E-state index in [2.05, 4.69) is 25.9 Å². The highest BCUT2D eigenvalue weighted by molar-refractivity contribution is 8.01. The summed E-state index contributed by atoms with van der Waals surface area (Å²) in [4.78, 5) is 154. The maximum absolute atomic E-state index is 14.8. The number of hydrogen-bond donors (Lipinski definition) is 4. The van der Waals surface area contributed by atoms with E-state index in [4.69, 9.17) is 10.5 Å². The summed E-state index contributed by atoms with van der Waals surface area (Å²) in [5.74, 6) is -4.68. The van der Waals surface area contributed by atoms with Gasteiger partial charge in [0.2, 0.25) is 35.4 Å². The van der Waals surface area contributed by atoms with Crippen LogP contribution < -0.4 is 21.7 Å². The molecule has 3 aromatic rings. The average molecular weight is 1210 g/mol. The molecular weight excluding hydrogens is 1120 g/mol. The molecule has 23 nitrogen and oxygen atoms in total. The van der Waals surface area contributed by atoms with Gasteiger partial charge < -0.3 is 46.0 Å². The number of aromatic nitrogens is 2. The number of hydrogen-bond acceptors (Lipinski definition) is 18. The van der Waals surface area contributed by atoms with Crippen molar-refractivity contribution in [1.82, 2.24) is 55.3 Å². The molecule has 9 atom stereocenters. The van der Waals surface area contributed by atoms with Crippen molar-refractivity contribution in [2.45, 2.75) is 133 Å². The number of carbonyl (C=O) groups excluding carboxylic acids is 10. The van der Waals surface area contributed by atoms with E-state index in [9.17, 15) is 47.9 Å². The Balaban J connectivity index is 1.17. The second kappa shape index (κ2) is 31.3. The number of likely N-dealkylation sites (N-methyl/N-ethyl adjacent to an activating group) is 3. The maximum atomic E-state index is 14.8. The molecule has 2 aromatic heterocycles. The van der Waals surface area contributed by atoms with E-state index in [-0.39, 0.29) is 116 Å². The Morgan fingerprint density at radius 2 is 1.53 bits per heavy atom. The Kier molecular flexibility index (Phi) is 24.7. The summed E-state index contributed by atoms with van der Waals surface area (Å²) in [6.07, 6.45) is 5.45.